The van der Waals surface area contributed by atoms with Gasteiger partial charge in [-0.05, 0) is 30.2 Å². The van der Waals surface area contributed by atoms with Crippen LogP contribution in [0.1, 0.15) is 17.0 Å². The molecule has 29 heavy (non-hydrogen) atoms. The van der Waals surface area contributed by atoms with Gasteiger partial charge in [0.05, 0.1) is 5.92 Å². The predicted molar refractivity (Wildman–Crippen MR) is 111 cm³/mol. The van der Waals surface area contributed by atoms with Gasteiger partial charge in [-0.1, -0.05) is 22.9 Å². The zero-order valence-electron chi connectivity index (χ0n) is 15.8. The standard InChI is InChI=1S/C19H20ClN5O3S/c1-28-10-16-23-24-19(29-16)22-18(27)12-6-17(26)25(9-12)5-4-11-8-21-15-3-2-13(20)7-14(11)15/h2-3,7-8,12,21H,4-6,9-10H2,1H3,(H,22,24,27)/t12-/m1/s1. The Bertz CT molecular complexity index is 1050. The summed E-state index contributed by atoms with van der Waals surface area (Å²) in [5, 5.41) is 13.5. The summed E-state index contributed by atoms with van der Waals surface area (Å²) in [6.07, 6.45) is 2.84. The second kappa shape index (κ2) is 8.48. The average Bonchev–Trinajstić information content (AvgIpc) is 3.39. The van der Waals surface area contributed by atoms with E-state index in [0.717, 1.165) is 16.5 Å². The molecule has 1 atom stereocenters. The number of carbonyl (C=O) groups is 2. The maximum absolute atomic E-state index is 12.5. The fraction of sp³-hybridized carbons (Fsp3) is 0.368. The van der Waals surface area contributed by atoms with Crippen molar-refractivity contribution in [2.75, 3.05) is 25.5 Å². The van der Waals surface area contributed by atoms with Crippen molar-refractivity contribution in [3.05, 3.63) is 40.0 Å². The molecule has 1 aromatic carbocycles. The molecule has 0 radical (unpaired) electrons. The molecule has 0 saturated carbocycles. The lowest BCUT2D eigenvalue weighted by molar-refractivity contribution is -0.128. The number of rotatable bonds is 7. The first-order valence-corrected chi connectivity index (χ1v) is 10.4. The summed E-state index contributed by atoms with van der Waals surface area (Å²) in [7, 11) is 1.57. The number of halogens is 1. The van der Waals surface area contributed by atoms with Crippen LogP contribution in [0.3, 0.4) is 0 Å². The highest BCUT2D eigenvalue weighted by molar-refractivity contribution is 7.15. The summed E-state index contributed by atoms with van der Waals surface area (Å²) >= 11 is 7.36. The van der Waals surface area contributed by atoms with Crippen molar-refractivity contribution < 1.29 is 14.3 Å². The number of likely N-dealkylation sites (tertiary alicyclic amines) is 1. The van der Waals surface area contributed by atoms with Gasteiger partial charge in [0.1, 0.15) is 11.6 Å². The monoisotopic (exact) mass is 433 g/mol. The van der Waals surface area contributed by atoms with Gasteiger partial charge in [0.15, 0.2) is 0 Å². The first-order chi connectivity index (χ1) is 14.0. The second-order valence-electron chi connectivity index (χ2n) is 6.92. The van der Waals surface area contributed by atoms with Gasteiger partial charge in [0.2, 0.25) is 16.9 Å². The Labute approximate surface area is 176 Å². The highest BCUT2D eigenvalue weighted by atomic mass is 35.5. The number of nitrogens with one attached hydrogen (secondary N) is 2. The molecule has 8 nitrogen and oxygen atoms in total. The van der Waals surface area contributed by atoms with E-state index < -0.39 is 5.92 Å². The van der Waals surface area contributed by atoms with Gasteiger partial charge in [-0.15, -0.1) is 10.2 Å². The van der Waals surface area contributed by atoms with Crippen LogP contribution in [0.15, 0.2) is 24.4 Å². The number of ether oxygens (including phenoxy) is 1. The second-order valence-corrected chi connectivity index (χ2v) is 8.42. The third-order valence-electron chi connectivity index (χ3n) is 4.93. The number of anilines is 1. The smallest absolute Gasteiger partial charge is 0.231 e. The third-order valence-corrected chi connectivity index (χ3v) is 5.98. The van der Waals surface area contributed by atoms with Crippen LogP contribution < -0.4 is 5.32 Å². The minimum Gasteiger partial charge on any atom is -0.377 e. The van der Waals surface area contributed by atoms with E-state index in [1.165, 1.54) is 11.3 Å². The van der Waals surface area contributed by atoms with E-state index >= 15 is 0 Å². The van der Waals surface area contributed by atoms with Crippen molar-refractivity contribution in [2.45, 2.75) is 19.4 Å². The van der Waals surface area contributed by atoms with Crippen LogP contribution in [0.5, 0.6) is 0 Å². The molecule has 0 unspecified atom stereocenters. The normalized spacial score (nSPS) is 16.7. The molecule has 2 N–H and O–H groups in total. The van der Waals surface area contributed by atoms with Crippen molar-refractivity contribution >= 4 is 50.8 Å². The van der Waals surface area contributed by atoms with E-state index in [0.29, 0.717) is 41.3 Å². The molecule has 10 heteroatoms. The zero-order valence-corrected chi connectivity index (χ0v) is 17.3. The third kappa shape index (κ3) is 4.42. The molecule has 3 heterocycles. The molecule has 1 fully saturated rings. The fourth-order valence-electron chi connectivity index (χ4n) is 3.47. The summed E-state index contributed by atoms with van der Waals surface area (Å²) in [5.41, 5.74) is 2.11. The maximum atomic E-state index is 12.5. The molecule has 152 valence electrons. The van der Waals surface area contributed by atoms with Gasteiger partial charge in [-0.25, -0.2) is 0 Å². The van der Waals surface area contributed by atoms with Crippen LogP contribution in [0, 0.1) is 5.92 Å². The number of nitrogens with zero attached hydrogens (tertiary/aromatic N) is 3. The van der Waals surface area contributed by atoms with Crippen molar-refractivity contribution in [2.24, 2.45) is 5.92 Å². The number of methoxy groups -OCH3 is 1. The van der Waals surface area contributed by atoms with Crippen molar-refractivity contribution in [3.8, 4) is 0 Å². The Morgan fingerprint density at radius 2 is 2.31 bits per heavy atom. The quantitative estimate of drug-likeness (QED) is 0.596. The Hall–Kier alpha value is -2.49. The SMILES string of the molecule is COCc1nnc(NC(=O)[C@@H]2CC(=O)N(CCc3c[nH]c4ccc(Cl)cc34)C2)s1. The van der Waals surface area contributed by atoms with Gasteiger partial charge in [0, 0.05) is 48.7 Å². The Kier molecular flexibility index (Phi) is 5.79. The van der Waals surface area contributed by atoms with Crippen LogP contribution in [0.2, 0.25) is 5.02 Å². The number of hydrogen-bond acceptors (Lipinski definition) is 6. The Morgan fingerprint density at radius 1 is 1.45 bits per heavy atom. The average molecular weight is 434 g/mol. The highest BCUT2D eigenvalue weighted by Gasteiger charge is 2.34. The molecule has 2 amide bonds. The molecule has 4 rings (SSSR count). The summed E-state index contributed by atoms with van der Waals surface area (Å²) in [4.78, 5) is 29.9. The van der Waals surface area contributed by atoms with Gasteiger partial charge in [-0.2, -0.15) is 0 Å². The van der Waals surface area contributed by atoms with Crippen molar-refractivity contribution in [1.82, 2.24) is 20.1 Å². The molecular weight excluding hydrogens is 414 g/mol. The van der Waals surface area contributed by atoms with Gasteiger partial charge in [0.25, 0.3) is 0 Å². The molecular formula is C19H20ClN5O3S. The summed E-state index contributed by atoms with van der Waals surface area (Å²) < 4.78 is 5.00. The molecule has 0 aliphatic carbocycles. The Morgan fingerprint density at radius 3 is 3.14 bits per heavy atom. The molecule has 3 aromatic rings. The lowest BCUT2D eigenvalue weighted by atomic mass is 10.1. The number of H-pyrrole nitrogens is 1. The van der Waals surface area contributed by atoms with Crippen molar-refractivity contribution in [3.63, 3.8) is 0 Å². The first kappa shape index (κ1) is 19.8. The lowest BCUT2D eigenvalue weighted by Gasteiger charge is -2.16. The number of amides is 2. The summed E-state index contributed by atoms with van der Waals surface area (Å²) in [5.74, 6) is -0.616. The number of fused-ring (bicyclic) bond motifs is 1. The summed E-state index contributed by atoms with van der Waals surface area (Å²) in [6, 6.07) is 5.70. The maximum Gasteiger partial charge on any atom is 0.231 e. The number of hydrogen-bond donors (Lipinski definition) is 2. The van der Waals surface area contributed by atoms with Crippen molar-refractivity contribution in [1.29, 1.82) is 0 Å². The largest absolute Gasteiger partial charge is 0.377 e. The predicted octanol–water partition coefficient (Wildman–Crippen LogP) is 2.85. The van der Waals surface area contributed by atoms with Crippen LogP contribution in [0.25, 0.3) is 10.9 Å². The number of aromatic nitrogens is 3. The minimum absolute atomic E-state index is 0.0136. The topological polar surface area (TPSA) is 100 Å². The van der Waals surface area contributed by atoms with Gasteiger partial charge >= 0.3 is 0 Å². The summed E-state index contributed by atoms with van der Waals surface area (Å²) in [6.45, 7) is 1.30. The lowest BCUT2D eigenvalue weighted by Crippen LogP contribution is -2.30. The molecule has 0 bridgehead atoms. The minimum atomic E-state index is -0.394. The number of carbonyl (C=O) groups excluding carboxylic acids is 2. The van der Waals surface area contributed by atoms with E-state index in [1.54, 1.807) is 12.0 Å². The first-order valence-electron chi connectivity index (χ1n) is 9.19. The zero-order chi connectivity index (χ0) is 20.4. The molecule has 1 saturated heterocycles. The highest BCUT2D eigenvalue weighted by Crippen LogP contribution is 2.25. The van der Waals surface area contributed by atoms with E-state index in [9.17, 15) is 9.59 Å². The van der Waals surface area contributed by atoms with E-state index in [1.807, 2.05) is 24.4 Å². The van der Waals surface area contributed by atoms with Gasteiger partial charge in [-0.3, -0.25) is 9.59 Å². The molecule has 1 aliphatic heterocycles. The van der Waals surface area contributed by atoms with Crippen LogP contribution in [-0.2, 0) is 27.4 Å². The van der Waals surface area contributed by atoms with E-state index in [2.05, 4.69) is 20.5 Å². The van der Waals surface area contributed by atoms with E-state index in [4.69, 9.17) is 16.3 Å². The van der Waals surface area contributed by atoms with Crippen LogP contribution in [-0.4, -0.2) is 52.1 Å². The van der Waals surface area contributed by atoms with E-state index in [-0.39, 0.29) is 18.2 Å². The van der Waals surface area contributed by atoms with Gasteiger partial charge < -0.3 is 19.9 Å². The number of benzene rings is 1. The van der Waals surface area contributed by atoms with Crippen LogP contribution >= 0.6 is 22.9 Å². The van der Waals surface area contributed by atoms with Crippen LogP contribution in [0.4, 0.5) is 5.13 Å². The number of aromatic amines is 1. The molecule has 2 aromatic heterocycles. The Balaban J connectivity index is 1.34. The molecule has 0 spiro atoms. The fourth-order valence-corrected chi connectivity index (χ4v) is 4.36. The molecule has 1 aliphatic rings.